The Morgan fingerprint density at radius 3 is 2.71 bits per heavy atom. The van der Waals surface area contributed by atoms with Crippen molar-refractivity contribution >= 4 is 23.1 Å². The second kappa shape index (κ2) is 9.72. The number of hydrogen-bond acceptors (Lipinski definition) is 4. The van der Waals surface area contributed by atoms with Crippen LogP contribution in [0.25, 0.3) is 11.0 Å². The summed E-state index contributed by atoms with van der Waals surface area (Å²) >= 11 is 0. The van der Waals surface area contributed by atoms with E-state index in [-0.39, 0.29) is 24.0 Å². The van der Waals surface area contributed by atoms with Gasteiger partial charge >= 0.3 is 12.1 Å². The molecule has 1 aromatic heterocycles. The van der Waals surface area contributed by atoms with Crippen LogP contribution >= 0.6 is 0 Å². The Morgan fingerprint density at radius 2 is 1.97 bits per heavy atom. The van der Waals surface area contributed by atoms with Gasteiger partial charge in [0.1, 0.15) is 5.82 Å². The van der Waals surface area contributed by atoms with Crippen LogP contribution in [0.2, 0.25) is 0 Å². The largest absolute Gasteiger partial charge is 0.481 e. The molecule has 1 aliphatic carbocycles. The number of hydrogen-bond donors (Lipinski definition) is 1. The molecule has 2 aliphatic rings. The van der Waals surface area contributed by atoms with Gasteiger partial charge in [-0.2, -0.15) is 0 Å². The topological polar surface area (TPSA) is 84.7 Å². The predicted molar refractivity (Wildman–Crippen MR) is 133 cm³/mol. The standard InChI is InChI=1S/C28H33N3O4/c1-18(15-19-7-4-3-5-8-19)31-24-12-11-20-13-14-30(28(34)35-2)17-23(20)25(24)29-26(31)21-9-6-10-22(16-21)27(32)33/h3-5,7-8,11-12,18,21-22H,6,9-10,13-17H2,1-2H3,(H,32,33)/t18-,21+,22-/m0/s1. The average molecular weight is 476 g/mol. The quantitative estimate of drug-likeness (QED) is 0.540. The second-order valence-corrected chi connectivity index (χ2v) is 9.99. The number of ether oxygens (including phenoxy) is 1. The minimum absolute atomic E-state index is 0.103. The third kappa shape index (κ3) is 4.51. The van der Waals surface area contributed by atoms with Crippen molar-refractivity contribution in [2.75, 3.05) is 13.7 Å². The summed E-state index contributed by atoms with van der Waals surface area (Å²) in [5.41, 5.74) is 5.55. The van der Waals surface area contributed by atoms with Gasteiger partial charge in [0.2, 0.25) is 0 Å². The van der Waals surface area contributed by atoms with E-state index in [1.165, 1.54) is 18.2 Å². The molecule has 35 heavy (non-hydrogen) atoms. The number of carbonyl (C=O) groups is 2. The van der Waals surface area contributed by atoms with Gasteiger partial charge in [-0.1, -0.05) is 42.8 Å². The molecule has 1 amide bonds. The van der Waals surface area contributed by atoms with Gasteiger partial charge in [-0.15, -0.1) is 0 Å². The van der Waals surface area contributed by atoms with Gasteiger partial charge in [0.05, 0.1) is 30.6 Å². The van der Waals surface area contributed by atoms with Crippen molar-refractivity contribution < 1.29 is 19.4 Å². The van der Waals surface area contributed by atoms with Crippen LogP contribution in [-0.4, -0.2) is 45.3 Å². The summed E-state index contributed by atoms with van der Waals surface area (Å²) in [6.45, 7) is 3.33. The second-order valence-electron chi connectivity index (χ2n) is 9.99. The number of rotatable bonds is 5. The van der Waals surface area contributed by atoms with E-state index in [0.717, 1.165) is 54.5 Å². The fourth-order valence-corrected chi connectivity index (χ4v) is 5.94. The molecule has 7 nitrogen and oxygen atoms in total. The van der Waals surface area contributed by atoms with E-state index >= 15 is 0 Å². The zero-order valence-electron chi connectivity index (χ0n) is 20.4. The number of carbonyl (C=O) groups excluding carboxylic acids is 1. The molecule has 0 bridgehead atoms. The number of nitrogens with zero attached hydrogens (tertiary/aromatic N) is 3. The highest BCUT2D eigenvalue weighted by molar-refractivity contribution is 5.82. The van der Waals surface area contributed by atoms with Gasteiger partial charge < -0.3 is 19.3 Å². The van der Waals surface area contributed by atoms with Crippen LogP contribution in [0.3, 0.4) is 0 Å². The number of benzene rings is 2. The molecule has 0 radical (unpaired) electrons. The fourth-order valence-electron chi connectivity index (χ4n) is 5.94. The molecular weight excluding hydrogens is 442 g/mol. The van der Waals surface area contributed by atoms with Gasteiger partial charge in [0.15, 0.2) is 0 Å². The lowest BCUT2D eigenvalue weighted by molar-refractivity contribution is -0.143. The zero-order chi connectivity index (χ0) is 24.5. The number of carboxylic acids is 1. The van der Waals surface area contributed by atoms with Gasteiger partial charge in [-0.25, -0.2) is 9.78 Å². The molecule has 1 fully saturated rings. The lowest BCUT2D eigenvalue weighted by Gasteiger charge is -2.28. The number of amides is 1. The van der Waals surface area contributed by atoms with E-state index in [4.69, 9.17) is 9.72 Å². The third-order valence-corrected chi connectivity index (χ3v) is 7.73. The van der Waals surface area contributed by atoms with E-state index in [0.29, 0.717) is 19.5 Å². The van der Waals surface area contributed by atoms with Crippen LogP contribution in [0.15, 0.2) is 42.5 Å². The summed E-state index contributed by atoms with van der Waals surface area (Å²) in [5, 5.41) is 9.70. The van der Waals surface area contributed by atoms with Crippen LogP contribution in [0.5, 0.6) is 0 Å². The Morgan fingerprint density at radius 1 is 1.17 bits per heavy atom. The summed E-state index contributed by atoms with van der Waals surface area (Å²) in [4.78, 5) is 31.0. The number of aliphatic carboxylic acids is 1. The molecule has 2 heterocycles. The average Bonchev–Trinajstić information content (AvgIpc) is 3.29. The van der Waals surface area contributed by atoms with Crippen molar-refractivity contribution in [1.29, 1.82) is 0 Å². The highest BCUT2D eigenvalue weighted by Crippen LogP contribution is 2.40. The zero-order valence-corrected chi connectivity index (χ0v) is 20.4. The first-order chi connectivity index (χ1) is 17.0. The minimum atomic E-state index is -0.708. The van der Waals surface area contributed by atoms with Crippen molar-refractivity contribution in [3.05, 3.63) is 65.0 Å². The highest BCUT2D eigenvalue weighted by Gasteiger charge is 2.33. The van der Waals surface area contributed by atoms with E-state index in [1.54, 1.807) is 4.90 Å². The molecule has 0 unspecified atom stereocenters. The monoisotopic (exact) mass is 475 g/mol. The molecule has 1 N–H and O–H groups in total. The summed E-state index contributed by atoms with van der Waals surface area (Å²) in [6.07, 6.45) is 4.50. The lowest BCUT2D eigenvalue weighted by Crippen LogP contribution is -2.35. The number of aromatic nitrogens is 2. The molecule has 0 saturated heterocycles. The maximum atomic E-state index is 12.3. The summed E-state index contributed by atoms with van der Waals surface area (Å²) < 4.78 is 7.33. The molecule has 7 heteroatoms. The molecule has 0 spiro atoms. The van der Waals surface area contributed by atoms with E-state index < -0.39 is 5.97 Å². The molecule has 5 rings (SSSR count). The van der Waals surface area contributed by atoms with Crippen molar-refractivity contribution in [2.24, 2.45) is 5.92 Å². The molecule has 1 aliphatic heterocycles. The van der Waals surface area contributed by atoms with Crippen molar-refractivity contribution in [2.45, 2.75) is 64.0 Å². The van der Waals surface area contributed by atoms with E-state index in [2.05, 4.69) is 47.9 Å². The fraction of sp³-hybridized carbons (Fsp3) is 0.464. The molecule has 1 saturated carbocycles. The predicted octanol–water partition coefficient (Wildman–Crippen LogP) is 5.32. The smallest absolute Gasteiger partial charge is 0.409 e. The van der Waals surface area contributed by atoms with Crippen LogP contribution in [0.4, 0.5) is 4.79 Å². The number of methoxy groups -OCH3 is 1. The Bertz CT molecular complexity index is 1240. The molecule has 184 valence electrons. The van der Waals surface area contributed by atoms with Crippen LogP contribution in [-0.2, 0) is 28.9 Å². The Hall–Kier alpha value is -3.35. The van der Waals surface area contributed by atoms with Crippen molar-refractivity contribution in [1.82, 2.24) is 14.5 Å². The van der Waals surface area contributed by atoms with Gasteiger partial charge in [0, 0.05) is 24.1 Å². The first kappa shape index (κ1) is 23.4. The maximum absolute atomic E-state index is 12.3. The number of carboxylic acid groups (broad SMARTS) is 1. The first-order valence-corrected chi connectivity index (χ1v) is 12.6. The van der Waals surface area contributed by atoms with Crippen LogP contribution < -0.4 is 0 Å². The molecule has 3 atom stereocenters. The Kier molecular flexibility index (Phi) is 6.50. The van der Waals surface area contributed by atoms with Gasteiger partial charge in [-0.05, 0) is 56.2 Å². The van der Waals surface area contributed by atoms with E-state index in [1.807, 2.05) is 6.07 Å². The Labute approximate surface area is 205 Å². The Balaban J connectivity index is 1.60. The van der Waals surface area contributed by atoms with Crippen molar-refractivity contribution in [3.8, 4) is 0 Å². The van der Waals surface area contributed by atoms with Crippen LogP contribution in [0.1, 0.15) is 67.1 Å². The van der Waals surface area contributed by atoms with Crippen LogP contribution in [0, 0.1) is 5.92 Å². The van der Waals surface area contributed by atoms with E-state index in [9.17, 15) is 14.7 Å². The number of fused-ring (bicyclic) bond motifs is 3. The summed E-state index contributed by atoms with van der Waals surface area (Å²) in [7, 11) is 1.42. The van der Waals surface area contributed by atoms with Gasteiger partial charge in [-0.3, -0.25) is 4.79 Å². The SMILES string of the molecule is COC(=O)N1CCc2ccc3c(nc([C@@H]4CCC[C@H](C(=O)O)C4)n3[C@@H](C)Cc3ccccc3)c2C1. The normalized spacial score (nSPS) is 20.9. The third-order valence-electron chi connectivity index (χ3n) is 7.73. The first-order valence-electron chi connectivity index (χ1n) is 12.6. The summed E-state index contributed by atoms with van der Waals surface area (Å²) in [5.74, 6) is 0.0559. The molecule has 3 aromatic rings. The lowest BCUT2D eigenvalue weighted by atomic mass is 9.81. The van der Waals surface area contributed by atoms with Gasteiger partial charge in [0.25, 0.3) is 0 Å². The highest BCUT2D eigenvalue weighted by atomic mass is 16.5. The minimum Gasteiger partial charge on any atom is -0.481 e. The maximum Gasteiger partial charge on any atom is 0.409 e. The van der Waals surface area contributed by atoms with Crippen molar-refractivity contribution in [3.63, 3.8) is 0 Å². The summed E-state index contributed by atoms with van der Waals surface area (Å²) in [6, 6.07) is 14.9. The number of imidazole rings is 1. The molecular formula is C28H33N3O4. The molecule has 2 aromatic carbocycles.